The molecule has 2 unspecified atom stereocenters. The number of benzene rings is 1. The number of methoxy groups -OCH3 is 1. The van der Waals surface area contributed by atoms with Gasteiger partial charge in [0.2, 0.25) is 0 Å². The minimum atomic E-state index is 0.122. The van der Waals surface area contributed by atoms with Gasteiger partial charge in [-0.05, 0) is 30.4 Å². The van der Waals surface area contributed by atoms with E-state index in [1.54, 1.807) is 0 Å². The zero-order valence-corrected chi connectivity index (χ0v) is 12.3. The number of hydrogen-bond acceptors (Lipinski definition) is 3. The minimum Gasteiger partial charge on any atom is -0.379 e. The molecule has 0 bridgehead atoms. The SMILES string of the molecule is CC[C@@H](N)c1ccccc1N1CCC(C)C(OC)C1. The van der Waals surface area contributed by atoms with Gasteiger partial charge in [0.25, 0.3) is 0 Å². The van der Waals surface area contributed by atoms with Crippen molar-refractivity contribution >= 4 is 5.69 Å². The van der Waals surface area contributed by atoms with Crippen molar-refractivity contribution in [3.63, 3.8) is 0 Å². The highest BCUT2D eigenvalue weighted by atomic mass is 16.5. The van der Waals surface area contributed by atoms with E-state index in [9.17, 15) is 0 Å². The molecule has 0 amide bonds. The molecule has 1 aromatic rings. The molecule has 0 aromatic heterocycles. The van der Waals surface area contributed by atoms with Crippen LogP contribution < -0.4 is 10.6 Å². The summed E-state index contributed by atoms with van der Waals surface area (Å²) in [7, 11) is 1.81. The van der Waals surface area contributed by atoms with Crippen molar-refractivity contribution in [2.75, 3.05) is 25.1 Å². The third-order valence-corrected chi connectivity index (χ3v) is 4.31. The molecule has 0 saturated carbocycles. The van der Waals surface area contributed by atoms with Gasteiger partial charge in [0.15, 0.2) is 0 Å². The van der Waals surface area contributed by atoms with Crippen LogP contribution in [0.4, 0.5) is 5.69 Å². The van der Waals surface area contributed by atoms with Crippen LogP contribution in [0, 0.1) is 5.92 Å². The Hall–Kier alpha value is -1.06. The number of hydrogen-bond donors (Lipinski definition) is 1. The van der Waals surface area contributed by atoms with Crippen LogP contribution in [0.5, 0.6) is 0 Å². The van der Waals surface area contributed by atoms with Crippen LogP contribution in [0.1, 0.15) is 38.3 Å². The molecule has 1 aliphatic rings. The maximum atomic E-state index is 6.24. The van der Waals surface area contributed by atoms with E-state index in [2.05, 4.69) is 43.0 Å². The van der Waals surface area contributed by atoms with Crippen molar-refractivity contribution in [1.82, 2.24) is 0 Å². The molecule has 3 atom stereocenters. The molecule has 2 N–H and O–H groups in total. The van der Waals surface area contributed by atoms with E-state index >= 15 is 0 Å². The normalized spacial score (nSPS) is 25.4. The molecule has 0 spiro atoms. The number of para-hydroxylation sites is 1. The maximum Gasteiger partial charge on any atom is 0.0772 e. The molecule has 1 aliphatic heterocycles. The average Bonchev–Trinajstić information content (AvgIpc) is 2.47. The topological polar surface area (TPSA) is 38.5 Å². The number of ether oxygens (including phenoxy) is 1. The highest BCUT2D eigenvalue weighted by molar-refractivity contribution is 5.55. The number of nitrogens with two attached hydrogens (primary N) is 1. The molecular formula is C16H26N2O. The van der Waals surface area contributed by atoms with Gasteiger partial charge in [-0.15, -0.1) is 0 Å². The first-order valence-corrected chi connectivity index (χ1v) is 7.29. The lowest BCUT2D eigenvalue weighted by molar-refractivity contribution is 0.0498. The summed E-state index contributed by atoms with van der Waals surface area (Å²) in [6, 6.07) is 8.64. The monoisotopic (exact) mass is 262 g/mol. The van der Waals surface area contributed by atoms with Gasteiger partial charge in [-0.3, -0.25) is 0 Å². The maximum absolute atomic E-state index is 6.24. The molecule has 3 nitrogen and oxygen atoms in total. The van der Waals surface area contributed by atoms with Gasteiger partial charge in [0.1, 0.15) is 0 Å². The van der Waals surface area contributed by atoms with Gasteiger partial charge in [-0.25, -0.2) is 0 Å². The van der Waals surface area contributed by atoms with E-state index in [0.717, 1.165) is 19.5 Å². The van der Waals surface area contributed by atoms with Crippen LogP contribution in [0.3, 0.4) is 0 Å². The summed E-state index contributed by atoms with van der Waals surface area (Å²) in [6.45, 7) is 6.46. The summed E-state index contributed by atoms with van der Waals surface area (Å²) >= 11 is 0. The van der Waals surface area contributed by atoms with Crippen molar-refractivity contribution in [3.8, 4) is 0 Å². The van der Waals surface area contributed by atoms with E-state index in [0.29, 0.717) is 12.0 Å². The lowest BCUT2D eigenvalue weighted by Gasteiger charge is -2.39. The Bertz CT molecular complexity index is 407. The van der Waals surface area contributed by atoms with Crippen LogP contribution >= 0.6 is 0 Å². The van der Waals surface area contributed by atoms with E-state index in [-0.39, 0.29) is 6.04 Å². The fraction of sp³-hybridized carbons (Fsp3) is 0.625. The third-order valence-electron chi connectivity index (χ3n) is 4.31. The Morgan fingerprint density at radius 2 is 2.16 bits per heavy atom. The standard InChI is InChI=1S/C16H26N2O/c1-4-14(17)13-7-5-6-8-15(13)18-10-9-12(2)16(11-18)19-3/h5-8,12,14,16H,4,9-11,17H2,1-3H3/t12?,14-,16?/m1/s1. The Morgan fingerprint density at radius 1 is 1.42 bits per heavy atom. The first-order valence-electron chi connectivity index (χ1n) is 7.29. The van der Waals surface area contributed by atoms with Gasteiger partial charge in [0, 0.05) is 31.9 Å². The summed E-state index contributed by atoms with van der Waals surface area (Å²) in [5.74, 6) is 0.633. The second-order valence-electron chi connectivity index (χ2n) is 5.56. The molecule has 1 aromatic carbocycles. The largest absolute Gasteiger partial charge is 0.379 e. The molecule has 19 heavy (non-hydrogen) atoms. The zero-order chi connectivity index (χ0) is 13.8. The summed E-state index contributed by atoms with van der Waals surface area (Å²) in [5.41, 5.74) is 8.78. The molecule has 106 valence electrons. The minimum absolute atomic E-state index is 0.122. The van der Waals surface area contributed by atoms with E-state index in [1.165, 1.54) is 17.7 Å². The number of piperidine rings is 1. The Morgan fingerprint density at radius 3 is 2.84 bits per heavy atom. The highest BCUT2D eigenvalue weighted by Gasteiger charge is 2.27. The smallest absolute Gasteiger partial charge is 0.0772 e. The molecule has 1 saturated heterocycles. The van der Waals surface area contributed by atoms with E-state index in [1.807, 2.05) is 7.11 Å². The summed E-state index contributed by atoms with van der Waals surface area (Å²) < 4.78 is 5.61. The van der Waals surface area contributed by atoms with Crippen molar-refractivity contribution < 1.29 is 4.74 Å². The quantitative estimate of drug-likeness (QED) is 0.906. The molecule has 0 aliphatic carbocycles. The molecule has 0 radical (unpaired) electrons. The van der Waals surface area contributed by atoms with Gasteiger partial charge in [-0.1, -0.05) is 32.0 Å². The molecular weight excluding hydrogens is 236 g/mol. The highest BCUT2D eigenvalue weighted by Crippen LogP contribution is 2.30. The number of nitrogens with zero attached hydrogens (tertiary/aromatic N) is 1. The third kappa shape index (κ3) is 3.10. The second kappa shape index (κ2) is 6.40. The fourth-order valence-corrected chi connectivity index (χ4v) is 2.87. The first kappa shape index (κ1) is 14.4. The lowest BCUT2D eigenvalue weighted by Crippen LogP contribution is -2.44. The van der Waals surface area contributed by atoms with Crippen molar-refractivity contribution in [1.29, 1.82) is 0 Å². The van der Waals surface area contributed by atoms with Crippen molar-refractivity contribution in [3.05, 3.63) is 29.8 Å². The first-order chi connectivity index (χ1) is 9.17. The average molecular weight is 262 g/mol. The predicted octanol–water partition coefficient (Wildman–Crippen LogP) is 2.96. The summed E-state index contributed by atoms with van der Waals surface area (Å²) in [4.78, 5) is 2.43. The number of anilines is 1. The van der Waals surface area contributed by atoms with Crippen molar-refractivity contribution in [2.24, 2.45) is 11.7 Å². The summed E-state index contributed by atoms with van der Waals surface area (Å²) in [5, 5.41) is 0. The molecule has 2 rings (SSSR count). The predicted molar refractivity (Wildman–Crippen MR) is 80.5 cm³/mol. The van der Waals surface area contributed by atoms with Crippen molar-refractivity contribution in [2.45, 2.75) is 38.8 Å². The van der Waals surface area contributed by atoms with E-state index in [4.69, 9.17) is 10.5 Å². The summed E-state index contributed by atoms with van der Waals surface area (Å²) in [6.07, 6.45) is 2.46. The second-order valence-corrected chi connectivity index (χ2v) is 5.56. The Kier molecular flexibility index (Phi) is 4.83. The zero-order valence-electron chi connectivity index (χ0n) is 12.3. The van der Waals surface area contributed by atoms with Crippen LogP contribution in [-0.2, 0) is 4.74 Å². The number of rotatable bonds is 4. The van der Waals surface area contributed by atoms with Gasteiger partial charge in [-0.2, -0.15) is 0 Å². The molecule has 3 heteroatoms. The Labute approximate surface area is 116 Å². The van der Waals surface area contributed by atoms with Crippen LogP contribution in [-0.4, -0.2) is 26.3 Å². The van der Waals surface area contributed by atoms with Crippen LogP contribution in [0.25, 0.3) is 0 Å². The van der Waals surface area contributed by atoms with Gasteiger partial charge >= 0.3 is 0 Å². The molecule has 1 fully saturated rings. The van der Waals surface area contributed by atoms with Gasteiger partial charge < -0.3 is 15.4 Å². The Balaban J connectivity index is 2.22. The fourth-order valence-electron chi connectivity index (χ4n) is 2.87. The van der Waals surface area contributed by atoms with Gasteiger partial charge in [0.05, 0.1) is 6.10 Å². The van der Waals surface area contributed by atoms with E-state index < -0.39 is 0 Å². The molecule has 1 heterocycles. The van der Waals surface area contributed by atoms with Crippen LogP contribution in [0.2, 0.25) is 0 Å². The van der Waals surface area contributed by atoms with Crippen LogP contribution in [0.15, 0.2) is 24.3 Å². The lowest BCUT2D eigenvalue weighted by atomic mass is 9.94.